The highest BCUT2D eigenvalue weighted by Crippen LogP contribution is 2.35. The molecule has 2 aromatic carbocycles. The first-order valence-electron chi connectivity index (χ1n) is 8.74. The molecule has 0 radical (unpaired) electrons. The average molecular weight is 355 g/mol. The first-order chi connectivity index (χ1) is 12.5. The molecule has 0 unspecified atom stereocenters. The van der Waals surface area contributed by atoms with E-state index in [0.717, 1.165) is 35.7 Å². The highest BCUT2D eigenvalue weighted by Gasteiger charge is 2.38. The Hall–Kier alpha value is -2.53. The number of hydrogen-bond acceptors (Lipinski definition) is 4. The zero-order chi connectivity index (χ0) is 18.7. The Balaban J connectivity index is 1.78. The molecule has 5 nitrogen and oxygen atoms in total. The van der Waals surface area contributed by atoms with Gasteiger partial charge in [0.1, 0.15) is 11.5 Å². The molecule has 1 heterocycles. The molecule has 0 aliphatic carbocycles. The number of carbonyl (C=O) groups is 1. The van der Waals surface area contributed by atoms with Crippen molar-refractivity contribution in [2.24, 2.45) is 5.92 Å². The number of aryl methyl sites for hydroxylation is 1. The van der Waals surface area contributed by atoms with Crippen LogP contribution < -0.4 is 9.47 Å². The minimum Gasteiger partial charge on any atom is -0.497 e. The van der Waals surface area contributed by atoms with E-state index in [0.29, 0.717) is 6.54 Å². The van der Waals surface area contributed by atoms with Crippen LogP contribution in [0.25, 0.3) is 0 Å². The minimum atomic E-state index is -0.744. The van der Waals surface area contributed by atoms with Gasteiger partial charge in [0.05, 0.1) is 20.1 Å². The summed E-state index contributed by atoms with van der Waals surface area (Å²) in [6.45, 7) is 4.01. The molecule has 0 aromatic heterocycles. The van der Waals surface area contributed by atoms with E-state index in [2.05, 4.69) is 11.0 Å². The summed E-state index contributed by atoms with van der Waals surface area (Å²) in [5.74, 6) is 0.429. The molecule has 0 saturated carbocycles. The Kier molecular flexibility index (Phi) is 5.47. The first-order valence-corrected chi connectivity index (χ1v) is 8.74. The van der Waals surface area contributed by atoms with E-state index in [1.807, 2.05) is 43.3 Å². The molecular weight excluding hydrogens is 330 g/mol. The fourth-order valence-corrected chi connectivity index (χ4v) is 3.77. The summed E-state index contributed by atoms with van der Waals surface area (Å²) >= 11 is 0. The number of aliphatic carboxylic acids is 1. The second-order valence-corrected chi connectivity index (χ2v) is 6.83. The molecule has 3 rings (SSSR count). The second kappa shape index (κ2) is 7.79. The Bertz CT molecular complexity index is 789. The lowest BCUT2D eigenvalue weighted by molar-refractivity contribution is -0.141. The molecule has 2 aromatic rings. The molecule has 138 valence electrons. The number of methoxy groups -OCH3 is 2. The summed E-state index contributed by atoms with van der Waals surface area (Å²) in [5, 5.41) is 9.69. The van der Waals surface area contributed by atoms with Crippen LogP contribution in [0, 0.1) is 12.8 Å². The van der Waals surface area contributed by atoms with Crippen molar-refractivity contribution in [1.29, 1.82) is 0 Å². The third-order valence-electron chi connectivity index (χ3n) is 5.10. The molecule has 1 N–H and O–H groups in total. The van der Waals surface area contributed by atoms with Crippen LogP contribution in [0.4, 0.5) is 0 Å². The van der Waals surface area contributed by atoms with Gasteiger partial charge < -0.3 is 14.6 Å². The number of likely N-dealkylation sites (tertiary alicyclic amines) is 1. The van der Waals surface area contributed by atoms with Gasteiger partial charge in [-0.25, -0.2) is 0 Å². The third kappa shape index (κ3) is 3.83. The molecule has 26 heavy (non-hydrogen) atoms. The fraction of sp³-hybridized carbons (Fsp3) is 0.381. The predicted molar refractivity (Wildman–Crippen MR) is 99.9 cm³/mol. The van der Waals surface area contributed by atoms with E-state index < -0.39 is 11.9 Å². The van der Waals surface area contributed by atoms with Gasteiger partial charge in [-0.1, -0.05) is 24.3 Å². The Morgan fingerprint density at radius 1 is 1.15 bits per heavy atom. The zero-order valence-corrected chi connectivity index (χ0v) is 15.4. The normalized spacial score (nSPS) is 20.1. The van der Waals surface area contributed by atoms with E-state index in [1.54, 1.807) is 14.2 Å². The summed E-state index contributed by atoms with van der Waals surface area (Å²) in [5.41, 5.74) is 3.27. The van der Waals surface area contributed by atoms with Gasteiger partial charge in [0.15, 0.2) is 0 Å². The third-order valence-corrected chi connectivity index (χ3v) is 5.10. The van der Waals surface area contributed by atoms with Crippen LogP contribution in [0.15, 0.2) is 42.5 Å². The van der Waals surface area contributed by atoms with Gasteiger partial charge in [0.25, 0.3) is 0 Å². The number of ether oxygens (including phenoxy) is 2. The van der Waals surface area contributed by atoms with Crippen LogP contribution in [0.2, 0.25) is 0 Å². The lowest BCUT2D eigenvalue weighted by Gasteiger charge is -2.17. The average Bonchev–Trinajstić information content (AvgIpc) is 3.06. The smallest absolute Gasteiger partial charge is 0.308 e. The van der Waals surface area contributed by atoms with Gasteiger partial charge in [0.2, 0.25) is 0 Å². The van der Waals surface area contributed by atoms with Crippen molar-refractivity contribution < 1.29 is 19.4 Å². The van der Waals surface area contributed by atoms with Crippen molar-refractivity contribution in [3.63, 3.8) is 0 Å². The van der Waals surface area contributed by atoms with Gasteiger partial charge in [-0.3, -0.25) is 9.69 Å². The molecule has 0 bridgehead atoms. The largest absolute Gasteiger partial charge is 0.497 e. The molecule has 0 spiro atoms. The van der Waals surface area contributed by atoms with Crippen molar-refractivity contribution in [1.82, 2.24) is 4.90 Å². The quantitative estimate of drug-likeness (QED) is 0.861. The molecule has 1 aliphatic rings. The van der Waals surface area contributed by atoms with Crippen molar-refractivity contribution >= 4 is 5.97 Å². The summed E-state index contributed by atoms with van der Waals surface area (Å²) in [7, 11) is 3.29. The topological polar surface area (TPSA) is 59.0 Å². The number of carboxylic acid groups (broad SMARTS) is 1. The predicted octanol–water partition coefficient (Wildman–Crippen LogP) is 3.31. The molecular formula is C21H25NO4. The van der Waals surface area contributed by atoms with Crippen molar-refractivity contribution in [3.05, 3.63) is 59.2 Å². The SMILES string of the molecule is COc1cccc([C@@H]2CN(Cc3ccc(OC)c(C)c3)C[C@H]2C(=O)O)c1. The van der Waals surface area contributed by atoms with Gasteiger partial charge in [-0.15, -0.1) is 0 Å². The van der Waals surface area contributed by atoms with E-state index in [-0.39, 0.29) is 5.92 Å². The Morgan fingerprint density at radius 3 is 2.62 bits per heavy atom. The molecule has 1 fully saturated rings. The van der Waals surface area contributed by atoms with E-state index in [1.165, 1.54) is 5.56 Å². The summed E-state index contributed by atoms with van der Waals surface area (Å²) in [4.78, 5) is 14.0. The van der Waals surface area contributed by atoms with Crippen LogP contribution >= 0.6 is 0 Å². The van der Waals surface area contributed by atoms with Crippen molar-refractivity contribution in [2.75, 3.05) is 27.3 Å². The number of nitrogens with zero attached hydrogens (tertiary/aromatic N) is 1. The van der Waals surface area contributed by atoms with E-state index in [9.17, 15) is 9.90 Å². The number of rotatable bonds is 6. The summed E-state index contributed by atoms with van der Waals surface area (Å²) in [6.07, 6.45) is 0. The van der Waals surface area contributed by atoms with Crippen LogP contribution in [-0.4, -0.2) is 43.3 Å². The van der Waals surface area contributed by atoms with Gasteiger partial charge in [0, 0.05) is 25.6 Å². The highest BCUT2D eigenvalue weighted by molar-refractivity contribution is 5.72. The first kappa shape index (κ1) is 18.3. The monoisotopic (exact) mass is 355 g/mol. The maximum Gasteiger partial charge on any atom is 0.308 e. The van der Waals surface area contributed by atoms with E-state index in [4.69, 9.17) is 9.47 Å². The lowest BCUT2D eigenvalue weighted by Crippen LogP contribution is -2.23. The highest BCUT2D eigenvalue weighted by atomic mass is 16.5. The van der Waals surface area contributed by atoms with Crippen molar-refractivity contribution in [3.8, 4) is 11.5 Å². The van der Waals surface area contributed by atoms with Crippen LogP contribution in [0.5, 0.6) is 11.5 Å². The van der Waals surface area contributed by atoms with Crippen LogP contribution in [0.3, 0.4) is 0 Å². The summed E-state index contributed by atoms with van der Waals surface area (Å²) in [6, 6.07) is 13.9. The molecule has 1 aliphatic heterocycles. The minimum absolute atomic E-state index is 0.0399. The summed E-state index contributed by atoms with van der Waals surface area (Å²) < 4.78 is 10.6. The number of carboxylic acids is 1. The zero-order valence-electron chi connectivity index (χ0n) is 15.4. The standard InChI is InChI=1S/C21H25NO4/c1-14-9-15(7-8-20(14)26-3)11-22-12-18(19(13-22)21(23)24)16-5-4-6-17(10-16)25-2/h4-10,18-19H,11-13H2,1-3H3,(H,23,24)/t18-,19+/m0/s1. The Labute approximate surface area is 154 Å². The van der Waals surface area contributed by atoms with Gasteiger partial charge in [-0.2, -0.15) is 0 Å². The van der Waals surface area contributed by atoms with E-state index >= 15 is 0 Å². The number of hydrogen-bond donors (Lipinski definition) is 1. The maximum atomic E-state index is 11.8. The van der Waals surface area contributed by atoms with Crippen molar-refractivity contribution in [2.45, 2.75) is 19.4 Å². The second-order valence-electron chi connectivity index (χ2n) is 6.83. The molecule has 1 saturated heterocycles. The maximum absolute atomic E-state index is 11.8. The van der Waals surface area contributed by atoms with Crippen LogP contribution in [-0.2, 0) is 11.3 Å². The van der Waals surface area contributed by atoms with Gasteiger partial charge >= 0.3 is 5.97 Å². The molecule has 5 heteroatoms. The fourth-order valence-electron chi connectivity index (χ4n) is 3.77. The number of benzene rings is 2. The lowest BCUT2D eigenvalue weighted by atomic mass is 9.89. The van der Waals surface area contributed by atoms with Gasteiger partial charge in [-0.05, 0) is 41.8 Å². The molecule has 0 amide bonds. The van der Waals surface area contributed by atoms with Crippen LogP contribution in [0.1, 0.15) is 22.6 Å². The Morgan fingerprint density at radius 2 is 1.96 bits per heavy atom. The molecule has 2 atom stereocenters.